The summed E-state index contributed by atoms with van der Waals surface area (Å²) in [5.41, 5.74) is 3.25. The molecule has 3 aromatic rings. The first-order valence-electron chi connectivity index (χ1n) is 6.97. The lowest BCUT2D eigenvalue weighted by atomic mass is 9.86. The molecule has 0 saturated carbocycles. The molecule has 0 aliphatic rings. The molecule has 0 radical (unpaired) electrons. The van der Waals surface area contributed by atoms with Gasteiger partial charge < -0.3 is 5.32 Å². The van der Waals surface area contributed by atoms with Gasteiger partial charge >= 0.3 is 0 Å². The maximum absolute atomic E-state index is 11.9. The van der Waals surface area contributed by atoms with E-state index in [0.29, 0.717) is 6.42 Å². The van der Waals surface area contributed by atoms with Crippen LogP contribution < -0.4 is 5.32 Å². The minimum absolute atomic E-state index is 0.0208. The van der Waals surface area contributed by atoms with Gasteiger partial charge in [0.1, 0.15) is 0 Å². The quantitative estimate of drug-likeness (QED) is 0.771. The summed E-state index contributed by atoms with van der Waals surface area (Å²) in [5.74, 6) is 0.0526. The van der Waals surface area contributed by atoms with Crippen LogP contribution in [0.2, 0.25) is 0 Å². The van der Waals surface area contributed by atoms with Crippen LogP contribution >= 0.6 is 0 Å². The van der Waals surface area contributed by atoms with E-state index in [1.54, 1.807) is 7.05 Å². The molecule has 21 heavy (non-hydrogen) atoms. The number of carbonyl (C=O) groups excluding carboxylic acids is 1. The van der Waals surface area contributed by atoms with Crippen molar-refractivity contribution < 1.29 is 4.79 Å². The van der Waals surface area contributed by atoms with E-state index in [9.17, 15) is 4.79 Å². The Morgan fingerprint density at radius 2 is 2.00 bits per heavy atom. The van der Waals surface area contributed by atoms with Crippen LogP contribution in [0.25, 0.3) is 10.9 Å². The van der Waals surface area contributed by atoms with E-state index in [-0.39, 0.29) is 11.8 Å². The normalized spacial score (nSPS) is 12.2. The molecular formula is C17H17N3O. The lowest BCUT2D eigenvalue weighted by Gasteiger charge is -2.18. The second kappa shape index (κ2) is 5.79. The number of amides is 1. The number of rotatable bonds is 4. The molecule has 1 unspecified atom stereocenters. The lowest BCUT2D eigenvalue weighted by Crippen LogP contribution is -2.21. The van der Waals surface area contributed by atoms with Crippen LogP contribution in [0, 0.1) is 0 Å². The Labute approximate surface area is 123 Å². The van der Waals surface area contributed by atoms with Crippen molar-refractivity contribution in [2.75, 3.05) is 7.05 Å². The van der Waals surface area contributed by atoms with E-state index < -0.39 is 0 Å². The van der Waals surface area contributed by atoms with E-state index in [0.717, 1.165) is 22.0 Å². The van der Waals surface area contributed by atoms with Gasteiger partial charge in [0.15, 0.2) is 0 Å². The van der Waals surface area contributed by atoms with Gasteiger partial charge in [0.25, 0.3) is 0 Å². The second-order valence-electron chi connectivity index (χ2n) is 5.02. The van der Waals surface area contributed by atoms with E-state index in [1.807, 2.05) is 36.5 Å². The number of nitrogens with one attached hydrogen (secondary N) is 2. The Hall–Kier alpha value is -2.62. The van der Waals surface area contributed by atoms with Crippen molar-refractivity contribution in [3.63, 3.8) is 0 Å². The third-order valence-corrected chi connectivity index (χ3v) is 3.76. The number of fused-ring (bicyclic) bond motifs is 1. The lowest BCUT2D eigenvalue weighted by molar-refractivity contribution is -0.120. The van der Waals surface area contributed by atoms with Crippen molar-refractivity contribution >= 4 is 16.8 Å². The summed E-state index contributed by atoms with van der Waals surface area (Å²) in [5, 5.41) is 10.9. The highest BCUT2D eigenvalue weighted by Gasteiger charge is 2.20. The first kappa shape index (κ1) is 13.4. The molecule has 1 aromatic heterocycles. The Morgan fingerprint density at radius 1 is 1.19 bits per heavy atom. The molecule has 0 bridgehead atoms. The number of nitrogens with zero attached hydrogens (tertiary/aromatic N) is 1. The van der Waals surface area contributed by atoms with E-state index in [4.69, 9.17) is 0 Å². The standard InChI is InChI=1S/C17H17N3O/c1-18-17(21)10-14(12-6-3-2-4-7-12)13-8-5-9-16-15(13)11-19-20-16/h2-9,11,14H,10H2,1H3,(H,18,21)(H,19,20). The molecule has 1 heterocycles. The number of aromatic amines is 1. The smallest absolute Gasteiger partial charge is 0.220 e. The Morgan fingerprint density at radius 3 is 2.76 bits per heavy atom. The predicted molar refractivity (Wildman–Crippen MR) is 83.1 cm³/mol. The summed E-state index contributed by atoms with van der Waals surface area (Å²) in [4.78, 5) is 11.9. The van der Waals surface area contributed by atoms with E-state index >= 15 is 0 Å². The minimum Gasteiger partial charge on any atom is -0.359 e. The van der Waals surface area contributed by atoms with Crippen molar-refractivity contribution in [2.24, 2.45) is 0 Å². The molecule has 2 aromatic carbocycles. The van der Waals surface area contributed by atoms with Gasteiger partial charge in [0.2, 0.25) is 5.91 Å². The van der Waals surface area contributed by atoms with Crippen molar-refractivity contribution in [2.45, 2.75) is 12.3 Å². The van der Waals surface area contributed by atoms with Crippen LogP contribution in [0.1, 0.15) is 23.5 Å². The third-order valence-electron chi connectivity index (χ3n) is 3.76. The van der Waals surface area contributed by atoms with Gasteiger partial charge in [-0.25, -0.2) is 0 Å². The zero-order valence-electron chi connectivity index (χ0n) is 11.8. The fourth-order valence-electron chi connectivity index (χ4n) is 2.68. The van der Waals surface area contributed by atoms with Crippen molar-refractivity contribution in [1.82, 2.24) is 15.5 Å². The van der Waals surface area contributed by atoms with Crippen molar-refractivity contribution in [3.05, 3.63) is 65.9 Å². The molecule has 4 heteroatoms. The molecule has 106 valence electrons. The summed E-state index contributed by atoms with van der Waals surface area (Å²) in [6.07, 6.45) is 2.25. The van der Waals surface area contributed by atoms with Crippen LogP contribution in [0.3, 0.4) is 0 Å². The predicted octanol–water partition coefficient (Wildman–Crippen LogP) is 2.83. The first-order chi connectivity index (χ1) is 10.3. The number of aromatic nitrogens is 2. The highest BCUT2D eigenvalue weighted by Crippen LogP contribution is 2.32. The SMILES string of the molecule is CNC(=O)CC(c1ccccc1)c1cccc2[nH]ncc12. The molecule has 0 fully saturated rings. The van der Waals surface area contributed by atoms with Crippen LogP contribution in [0.15, 0.2) is 54.7 Å². The maximum atomic E-state index is 11.9. The Balaban J connectivity index is 2.10. The van der Waals surface area contributed by atoms with Gasteiger partial charge in [-0.3, -0.25) is 9.89 Å². The molecule has 1 amide bonds. The minimum atomic E-state index is 0.0208. The summed E-state index contributed by atoms with van der Waals surface area (Å²) in [7, 11) is 1.67. The molecular weight excluding hydrogens is 262 g/mol. The summed E-state index contributed by atoms with van der Waals surface area (Å²) < 4.78 is 0. The summed E-state index contributed by atoms with van der Waals surface area (Å²) in [6.45, 7) is 0. The highest BCUT2D eigenvalue weighted by atomic mass is 16.1. The largest absolute Gasteiger partial charge is 0.359 e. The van der Waals surface area contributed by atoms with Gasteiger partial charge in [0, 0.05) is 24.8 Å². The molecule has 0 spiro atoms. The number of hydrogen-bond donors (Lipinski definition) is 2. The Bertz CT molecular complexity index is 749. The molecule has 0 saturated heterocycles. The molecule has 4 nitrogen and oxygen atoms in total. The van der Waals surface area contributed by atoms with Crippen LogP contribution in [0.4, 0.5) is 0 Å². The first-order valence-corrected chi connectivity index (χ1v) is 6.97. The van der Waals surface area contributed by atoms with Crippen LogP contribution in [0.5, 0.6) is 0 Å². The zero-order valence-corrected chi connectivity index (χ0v) is 11.8. The monoisotopic (exact) mass is 279 g/mol. The second-order valence-corrected chi connectivity index (χ2v) is 5.02. The van der Waals surface area contributed by atoms with Gasteiger partial charge in [-0.2, -0.15) is 5.10 Å². The fraction of sp³-hybridized carbons (Fsp3) is 0.176. The van der Waals surface area contributed by atoms with Gasteiger partial charge in [0.05, 0.1) is 11.7 Å². The third kappa shape index (κ3) is 2.65. The molecule has 2 N–H and O–H groups in total. The number of hydrogen-bond acceptors (Lipinski definition) is 2. The van der Waals surface area contributed by atoms with Crippen LogP contribution in [-0.2, 0) is 4.79 Å². The Kier molecular flexibility index (Phi) is 3.69. The van der Waals surface area contributed by atoms with E-state index in [2.05, 4.69) is 33.7 Å². The van der Waals surface area contributed by atoms with Crippen LogP contribution in [-0.4, -0.2) is 23.2 Å². The van der Waals surface area contributed by atoms with Gasteiger partial charge in [-0.15, -0.1) is 0 Å². The number of benzene rings is 2. The molecule has 1 atom stereocenters. The van der Waals surface area contributed by atoms with Gasteiger partial charge in [-0.1, -0.05) is 42.5 Å². The summed E-state index contributed by atoms with van der Waals surface area (Å²) >= 11 is 0. The highest BCUT2D eigenvalue weighted by molar-refractivity contribution is 5.84. The number of H-pyrrole nitrogens is 1. The van der Waals surface area contributed by atoms with E-state index in [1.165, 1.54) is 0 Å². The fourth-order valence-corrected chi connectivity index (χ4v) is 2.68. The van der Waals surface area contributed by atoms with Crippen molar-refractivity contribution in [3.8, 4) is 0 Å². The topological polar surface area (TPSA) is 57.8 Å². The average molecular weight is 279 g/mol. The molecule has 3 rings (SSSR count). The molecule has 0 aliphatic carbocycles. The summed E-state index contributed by atoms with van der Waals surface area (Å²) in [6, 6.07) is 16.2. The zero-order chi connectivity index (χ0) is 14.7. The molecule has 0 aliphatic heterocycles. The average Bonchev–Trinajstić information content (AvgIpc) is 3.02. The number of carbonyl (C=O) groups is 1. The maximum Gasteiger partial charge on any atom is 0.220 e. The van der Waals surface area contributed by atoms with Gasteiger partial charge in [-0.05, 0) is 17.2 Å². The van der Waals surface area contributed by atoms with Crippen molar-refractivity contribution in [1.29, 1.82) is 0 Å².